The van der Waals surface area contributed by atoms with Gasteiger partial charge in [-0.25, -0.2) is 13.2 Å². The van der Waals surface area contributed by atoms with Gasteiger partial charge in [-0.1, -0.05) is 32.0 Å². The second-order valence-corrected chi connectivity index (χ2v) is 9.61. The van der Waals surface area contributed by atoms with E-state index in [0.717, 1.165) is 5.56 Å². The molecule has 0 aliphatic rings. The highest BCUT2D eigenvalue weighted by molar-refractivity contribution is 7.89. The van der Waals surface area contributed by atoms with E-state index in [9.17, 15) is 18.0 Å². The van der Waals surface area contributed by atoms with E-state index in [-0.39, 0.29) is 35.0 Å². The SMILES string of the molecule is CCN(CC)S(=O)(=O)c1cc(C(=O)NCc2ccc(NC(=O)NC(C)C)cc2)ccc1C. The lowest BCUT2D eigenvalue weighted by Gasteiger charge is -2.20. The van der Waals surface area contributed by atoms with Gasteiger partial charge in [0.2, 0.25) is 10.0 Å². The monoisotopic (exact) mass is 460 g/mol. The molecule has 174 valence electrons. The molecule has 32 heavy (non-hydrogen) atoms. The first-order valence-corrected chi connectivity index (χ1v) is 12.1. The minimum atomic E-state index is -3.66. The third-order valence-corrected chi connectivity index (χ3v) is 7.05. The van der Waals surface area contributed by atoms with Crippen molar-refractivity contribution >= 4 is 27.6 Å². The van der Waals surface area contributed by atoms with E-state index in [1.807, 2.05) is 13.8 Å². The van der Waals surface area contributed by atoms with Crippen LogP contribution in [0.2, 0.25) is 0 Å². The molecular formula is C23H32N4O4S. The number of carbonyl (C=O) groups is 2. The third kappa shape index (κ3) is 6.54. The van der Waals surface area contributed by atoms with Crippen LogP contribution in [0.15, 0.2) is 47.4 Å². The van der Waals surface area contributed by atoms with E-state index in [1.165, 1.54) is 10.4 Å². The maximum absolute atomic E-state index is 12.9. The first kappa shape index (κ1) is 25.4. The second kappa shape index (κ2) is 11.1. The summed E-state index contributed by atoms with van der Waals surface area (Å²) in [5.74, 6) is -0.362. The average molecular weight is 461 g/mol. The van der Waals surface area contributed by atoms with Crippen LogP contribution in [0.3, 0.4) is 0 Å². The molecule has 2 aromatic carbocycles. The number of aryl methyl sites for hydroxylation is 1. The van der Waals surface area contributed by atoms with Crippen LogP contribution in [-0.4, -0.2) is 43.8 Å². The number of hydrogen-bond acceptors (Lipinski definition) is 4. The molecule has 0 aromatic heterocycles. The van der Waals surface area contributed by atoms with Gasteiger partial charge in [-0.05, 0) is 56.2 Å². The zero-order valence-electron chi connectivity index (χ0n) is 19.2. The maximum Gasteiger partial charge on any atom is 0.319 e. The van der Waals surface area contributed by atoms with Crippen molar-refractivity contribution in [2.45, 2.75) is 52.1 Å². The fraction of sp³-hybridized carbons (Fsp3) is 0.391. The summed E-state index contributed by atoms with van der Waals surface area (Å²) in [6.07, 6.45) is 0. The number of sulfonamides is 1. The Hall–Kier alpha value is -2.91. The van der Waals surface area contributed by atoms with Crippen molar-refractivity contribution in [3.63, 3.8) is 0 Å². The third-order valence-electron chi connectivity index (χ3n) is 4.86. The molecule has 0 heterocycles. The summed E-state index contributed by atoms with van der Waals surface area (Å²) in [6, 6.07) is 11.6. The summed E-state index contributed by atoms with van der Waals surface area (Å²) in [4.78, 5) is 24.5. The van der Waals surface area contributed by atoms with Crippen LogP contribution in [0.4, 0.5) is 10.5 Å². The quantitative estimate of drug-likeness (QED) is 0.532. The molecule has 2 rings (SSSR count). The number of urea groups is 1. The molecule has 9 heteroatoms. The molecule has 0 saturated heterocycles. The zero-order valence-corrected chi connectivity index (χ0v) is 20.0. The van der Waals surface area contributed by atoms with E-state index in [2.05, 4.69) is 16.0 Å². The van der Waals surface area contributed by atoms with Gasteiger partial charge in [0.05, 0.1) is 4.90 Å². The predicted molar refractivity (Wildman–Crippen MR) is 126 cm³/mol. The molecule has 0 aliphatic heterocycles. The Kier molecular flexibility index (Phi) is 8.80. The van der Waals surface area contributed by atoms with Gasteiger partial charge in [-0.15, -0.1) is 0 Å². The van der Waals surface area contributed by atoms with Crippen LogP contribution in [0.25, 0.3) is 0 Å². The standard InChI is InChI=1S/C23H32N4O4S/c1-6-27(7-2)32(30,31)21-14-19(11-8-17(21)5)22(28)24-15-18-9-12-20(13-10-18)26-23(29)25-16(3)4/h8-14,16H,6-7,15H2,1-5H3,(H,24,28)(H2,25,26,29). The molecule has 0 saturated carbocycles. The van der Waals surface area contributed by atoms with E-state index in [1.54, 1.807) is 57.2 Å². The minimum Gasteiger partial charge on any atom is -0.348 e. The number of amides is 3. The van der Waals surface area contributed by atoms with Crippen LogP contribution in [0, 0.1) is 6.92 Å². The topological polar surface area (TPSA) is 108 Å². The summed E-state index contributed by atoms with van der Waals surface area (Å²) in [6.45, 7) is 10.0. The molecule has 8 nitrogen and oxygen atoms in total. The lowest BCUT2D eigenvalue weighted by molar-refractivity contribution is 0.0950. The Morgan fingerprint density at radius 3 is 2.19 bits per heavy atom. The van der Waals surface area contributed by atoms with Crippen molar-refractivity contribution in [3.8, 4) is 0 Å². The Morgan fingerprint density at radius 1 is 1.00 bits per heavy atom. The molecule has 3 N–H and O–H groups in total. The van der Waals surface area contributed by atoms with Crippen LogP contribution in [-0.2, 0) is 16.6 Å². The number of nitrogens with zero attached hydrogens (tertiary/aromatic N) is 1. The summed E-state index contributed by atoms with van der Waals surface area (Å²) in [7, 11) is -3.66. The van der Waals surface area contributed by atoms with Crippen molar-refractivity contribution in [1.82, 2.24) is 14.9 Å². The average Bonchev–Trinajstić information content (AvgIpc) is 2.73. The van der Waals surface area contributed by atoms with Gasteiger partial charge in [-0.2, -0.15) is 4.31 Å². The van der Waals surface area contributed by atoms with Crippen molar-refractivity contribution in [2.75, 3.05) is 18.4 Å². The van der Waals surface area contributed by atoms with E-state index in [4.69, 9.17) is 0 Å². The molecule has 0 aliphatic carbocycles. The molecule has 0 bridgehead atoms. The highest BCUT2D eigenvalue weighted by Crippen LogP contribution is 2.21. The molecule has 2 aromatic rings. The van der Waals surface area contributed by atoms with Crippen molar-refractivity contribution in [1.29, 1.82) is 0 Å². The van der Waals surface area contributed by atoms with E-state index in [0.29, 0.717) is 24.3 Å². The largest absolute Gasteiger partial charge is 0.348 e. The normalized spacial score (nSPS) is 11.5. The van der Waals surface area contributed by atoms with Gasteiger partial charge in [0.25, 0.3) is 5.91 Å². The van der Waals surface area contributed by atoms with Gasteiger partial charge in [0.1, 0.15) is 0 Å². The fourth-order valence-electron chi connectivity index (χ4n) is 3.14. The number of benzene rings is 2. The molecule has 0 spiro atoms. The van der Waals surface area contributed by atoms with Crippen molar-refractivity contribution < 1.29 is 18.0 Å². The lowest BCUT2D eigenvalue weighted by Crippen LogP contribution is -2.34. The minimum absolute atomic E-state index is 0.0359. The number of carbonyl (C=O) groups excluding carboxylic acids is 2. The predicted octanol–water partition coefficient (Wildman–Crippen LogP) is 3.49. The van der Waals surface area contributed by atoms with Gasteiger partial charge in [0, 0.05) is 36.9 Å². The Labute approximate surface area is 190 Å². The number of rotatable bonds is 9. The molecular weight excluding hydrogens is 428 g/mol. The molecule has 0 unspecified atom stereocenters. The van der Waals surface area contributed by atoms with Crippen LogP contribution < -0.4 is 16.0 Å². The highest BCUT2D eigenvalue weighted by atomic mass is 32.2. The van der Waals surface area contributed by atoms with Crippen molar-refractivity contribution in [3.05, 3.63) is 59.2 Å². The lowest BCUT2D eigenvalue weighted by atomic mass is 10.1. The first-order chi connectivity index (χ1) is 15.1. The highest BCUT2D eigenvalue weighted by Gasteiger charge is 2.24. The molecule has 0 atom stereocenters. The summed E-state index contributed by atoms with van der Waals surface area (Å²) >= 11 is 0. The number of hydrogen-bond donors (Lipinski definition) is 3. The Bertz CT molecular complexity index is 1050. The van der Waals surface area contributed by atoms with Crippen LogP contribution >= 0.6 is 0 Å². The van der Waals surface area contributed by atoms with Crippen LogP contribution in [0.1, 0.15) is 49.2 Å². The first-order valence-electron chi connectivity index (χ1n) is 10.6. The van der Waals surface area contributed by atoms with Gasteiger partial charge in [0.15, 0.2) is 0 Å². The second-order valence-electron chi connectivity index (χ2n) is 7.70. The van der Waals surface area contributed by atoms with E-state index < -0.39 is 10.0 Å². The van der Waals surface area contributed by atoms with Gasteiger partial charge >= 0.3 is 6.03 Å². The van der Waals surface area contributed by atoms with E-state index >= 15 is 0 Å². The Morgan fingerprint density at radius 2 is 1.62 bits per heavy atom. The molecule has 0 fully saturated rings. The maximum atomic E-state index is 12.9. The Balaban J connectivity index is 2.07. The van der Waals surface area contributed by atoms with Crippen LogP contribution in [0.5, 0.6) is 0 Å². The summed E-state index contributed by atoms with van der Waals surface area (Å²) in [5, 5.41) is 8.29. The molecule has 3 amide bonds. The van der Waals surface area contributed by atoms with Crippen molar-refractivity contribution in [2.24, 2.45) is 0 Å². The summed E-state index contributed by atoms with van der Waals surface area (Å²) < 4.78 is 27.2. The molecule has 0 radical (unpaired) electrons. The van der Waals surface area contributed by atoms with Gasteiger partial charge < -0.3 is 16.0 Å². The summed E-state index contributed by atoms with van der Waals surface area (Å²) in [5.41, 5.74) is 2.36. The fourth-order valence-corrected chi connectivity index (χ4v) is 4.85. The van der Waals surface area contributed by atoms with Gasteiger partial charge in [-0.3, -0.25) is 4.79 Å². The number of nitrogens with one attached hydrogen (secondary N) is 3. The number of anilines is 1. The zero-order chi connectivity index (χ0) is 23.9. The smallest absolute Gasteiger partial charge is 0.319 e.